The van der Waals surface area contributed by atoms with Gasteiger partial charge in [-0.05, 0) is 137 Å². The maximum atomic E-state index is 15.7. The van der Waals surface area contributed by atoms with Crippen molar-refractivity contribution < 1.29 is 9.59 Å². The van der Waals surface area contributed by atoms with Gasteiger partial charge in [-0.2, -0.15) is 8.75 Å². The molecule has 5 nitrogen and oxygen atoms in total. The normalized spacial score (nSPS) is 17.9. The van der Waals surface area contributed by atoms with Crippen LogP contribution >= 0.6 is 91.1 Å². The van der Waals surface area contributed by atoms with Gasteiger partial charge in [-0.25, -0.2) is 0 Å². The molecule has 0 fully saturated rings. The highest BCUT2D eigenvalue weighted by Crippen LogP contribution is 2.56. The standard InChI is InChI=1S/C78H101N3O2S8Si2/c1-12-21-26-27-28-29-40-81-77(82)67-68(78(81)83)72(90-71(67)61-43-65-74(88-61)73-63(41-50(11)85-73)92(65,45-51(17-6)30-22-13-2)46-52(18-7)31-23-14-3)62-44-66-76(89-62)75-64(93(66,47-53(19-8)32-24-15-4)48-54(20-9)33-25-16-5)42-60(87-75)59-39-38-58(86-59)56-36-35-55(57-37-34-49(10)84-57)69-70(56)80-91-79-69/h34-39,41-44,51-54H,12-33,40,45-48H2,1-11H3. The summed E-state index contributed by atoms with van der Waals surface area (Å²) in [4.78, 5) is 51.5. The number of amides is 2. The van der Waals surface area contributed by atoms with E-state index >= 15 is 9.59 Å². The molecule has 1 aromatic carbocycles. The number of aryl methyl sites for hydroxylation is 2. The van der Waals surface area contributed by atoms with Gasteiger partial charge in [-0.15, -0.1) is 79.4 Å². The Hall–Kier alpha value is -3.49. The minimum Gasteiger partial charge on any atom is -0.274 e. The fraction of sp³-hybridized carbons (Fsp3) is 0.538. The lowest BCUT2D eigenvalue weighted by molar-refractivity contribution is 0.0651. The molecule has 8 aromatic heterocycles. The summed E-state index contributed by atoms with van der Waals surface area (Å²) in [5, 5.41) is 6.68. The first kappa shape index (κ1) is 69.4. The predicted molar refractivity (Wildman–Crippen MR) is 421 cm³/mol. The molecule has 0 spiro atoms. The number of rotatable bonds is 36. The number of fused-ring (bicyclic) bond motifs is 8. The van der Waals surface area contributed by atoms with Gasteiger partial charge in [-0.3, -0.25) is 14.5 Å². The third-order valence-electron chi connectivity index (χ3n) is 21.8. The van der Waals surface area contributed by atoms with Gasteiger partial charge in [0.25, 0.3) is 11.8 Å². The van der Waals surface area contributed by atoms with Crippen LogP contribution in [0.25, 0.3) is 80.7 Å². The fourth-order valence-electron chi connectivity index (χ4n) is 16.5. The first-order valence-corrected chi connectivity index (χ1v) is 47.6. The molecule has 0 N–H and O–H groups in total. The lowest BCUT2D eigenvalue weighted by Crippen LogP contribution is -2.56. The Labute approximate surface area is 591 Å². The van der Waals surface area contributed by atoms with E-state index in [0.717, 1.165) is 45.6 Å². The molecule has 0 saturated heterocycles. The summed E-state index contributed by atoms with van der Waals surface area (Å²) < 4.78 is 9.85. The first-order valence-electron chi connectivity index (χ1n) is 36.3. The van der Waals surface area contributed by atoms with Crippen molar-refractivity contribution in [2.24, 2.45) is 23.7 Å². The third kappa shape index (κ3) is 13.5. The van der Waals surface area contributed by atoms with Crippen molar-refractivity contribution in [3.63, 3.8) is 0 Å². The van der Waals surface area contributed by atoms with Crippen LogP contribution in [0.1, 0.15) is 234 Å². The molecule has 3 aliphatic heterocycles. The second kappa shape index (κ2) is 30.7. The van der Waals surface area contributed by atoms with Crippen LogP contribution in [0, 0.1) is 37.5 Å². The average Bonchev–Trinajstić information content (AvgIpc) is 1.54. The highest BCUT2D eigenvalue weighted by molar-refractivity contribution is 7.35. The van der Waals surface area contributed by atoms with Crippen molar-refractivity contribution in [2.45, 2.75) is 242 Å². The molecule has 4 atom stereocenters. The van der Waals surface area contributed by atoms with Crippen molar-refractivity contribution in [3.8, 4) is 69.7 Å². The third-order valence-corrected chi connectivity index (χ3v) is 42.5. The quantitative estimate of drug-likeness (QED) is 0.0223. The zero-order valence-corrected chi connectivity index (χ0v) is 66.1. The van der Waals surface area contributed by atoms with Crippen LogP contribution in [0.2, 0.25) is 24.2 Å². The van der Waals surface area contributed by atoms with Gasteiger partial charge in [0, 0.05) is 76.2 Å². The molecule has 93 heavy (non-hydrogen) atoms. The monoisotopic (exact) mass is 1420 g/mol. The second-order valence-corrected chi connectivity index (χ2v) is 44.5. The number of hydrogen-bond donors (Lipinski definition) is 0. The van der Waals surface area contributed by atoms with Gasteiger partial charge in [-0.1, -0.05) is 209 Å². The molecular weight excluding hydrogens is 1320 g/mol. The minimum absolute atomic E-state index is 0.0564. The largest absolute Gasteiger partial charge is 0.274 e. The Morgan fingerprint density at radius 3 is 1.23 bits per heavy atom. The summed E-state index contributed by atoms with van der Waals surface area (Å²) in [5.41, 5.74) is 5.72. The van der Waals surface area contributed by atoms with Crippen molar-refractivity contribution in [1.29, 1.82) is 0 Å². The maximum Gasteiger partial charge on any atom is 0.263 e. The number of hydrogen-bond acceptors (Lipinski definition) is 12. The van der Waals surface area contributed by atoms with Crippen molar-refractivity contribution in [3.05, 3.63) is 81.5 Å². The second-order valence-electron chi connectivity index (χ2n) is 28.0. The summed E-state index contributed by atoms with van der Waals surface area (Å²) >= 11 is 14.9. The van der Waals surface area contributed by atoms with Crippen LogP contribution in [-0.4, -0.2) is 48.2 Å². The Morgan fingerprint density at radius 1 is 0.376 bits per heavy atom. The summed E-state index contributed by atoms with van der Waals surface area (Å²) in [5.74, 6) is 2.57. The van der Waals surface area contributed by atoms with E-state index in [-0.39, 0.29) is 11.8 Å². The van der Waals surface area contributed by atoms with E-state index in [4.69, 9.17) is 8.75 Å². The molecule has 0 bridgehead atoms. The number of benzene rings is 1. The number of nitrogens with zero attached hydrogens (tertiary/aromatic N) is 3. The molecule has 0 aliphatic carbocycles. The van der Waals surface area contributed by atoms with Gasteiger partial charge < -0.3 is 0 Å². The number of imide groups is 1. The molecule has 15 heteroatoms. The molecule has 496 valence electrons. The molecule has 3 aliphatic rings. The summed E-state index contributed by atoms with van der Waals surface area (Å²) in [6.45, 7) is 26.6. The van der Waals surface area contributed by atoms with Crippen LogP contribution in [0.3, 0.4) is 0 Å². The van der Waals surface area contributed by atoms with E-state index in [1.807, 2.05) is 68.0 Å². The molecule has 0 radical (unpaired) electrons. The van der Waals surface area contributed by atoms with Crippen LogP contribution < -0.4 is 20.7 Å². The smallest absolute Gasteiger partial charge is 0.263 e. The molecule has 12 rings (SSSR count). The van der Waals surface area contributed by atoms with Crippen molar-refractivity contribution in [2.75, 3.05) is 6.54 Å². The zero-order chi connectivity index (χ0) is 65.1. The lowest BCUT2D eigenvalue weighted by Gasteiger charge is -2.35. The Bertz CT molecular complexity index is 4010. The fourth-order valence-corrected chi connectivity index (χ4v) is 41.3. The predicted octanol–water partition coefficient (Wildman–Crippen LogP) is 25.0. The molecular formula is C78H101N3O2S8Si2. The van der Waals surface area contributed by atoms with Crippen molar-refractivity contribution in [1.82, 2.24) is 13.6 Å². The molecule has 4 unspecified atom stereocenters. The Kier molecular flexibility index (Phi) is 22.9. The highest BCUT2D eigenvalue weighted by Gasteiger charge is 2.53. The number of unbranched alkanes of at least 4 members (excludes halogenated alkanes) is 9. The number of thiophene rings is 7. The van der Waals surface area contributed by atoms with E-state index in [9.17, 15) is 0 Å². The van der Waals surface area contributed by atoms with Gasteiger partial charge in [0.05, 0.1) is 32.6 Å². The SMILES string of the molecule is CCCCCCCCN1C(=O)c2c(-c3cc4c(s3)-c3sc(C)cc3[Si]4(CC(CC)CCCC)CC(CC)CCCC)sc(-c3cc4c(s3)-c3sc(-c5ccc(-c6ccc(-c7ccc(C)s7)c7nsnc67)s5)cc3[Si]4(CC(CC)CCCC)CC(CC)CCCC)c2C1=O. The van der Waals surface area contributed by atoms with Crippen LogP contribution in [-0.2, 0) is 0 Å². The average molecular weight is 1430 g/mol. The van der Waals surface area contributed by atoms with Gasteiger partial charge in [0.1, 0.15) is 27.2 Å². The van der Waals surface area contributed by atoms with E-state index in [1.54, 1.807) is 37.0 Å². The van der Waals surface area contributed by atoms with Gasteiger partial charge in [0.2, 0.25) is 0 Å². The van der Waals surface area contributed by atoms with E-state index in [0.29, 0.717) is 41.3 Å². The maximum absolute atomic E-state index is 15.7. The number of carbonyl (C=O) groups is 2. The molecule has 9 aromatic rings. The van der Waals surface area contributed by atoms with Crippen LogP contribution in [0.4, 0.5) is 0 Å². The van der Waals surface area contributed by atoms with Crippen LogP contribution in [0.5, 0.6) is 0 Å². The van der Waals surface area contributed by atoms with Crippen LogP contribution in [0.15, 0.2) is 60.7 Å². The topological polar surface area (TPSA) is 63.2 Å². The summed E-state index contributed by atoms with van der Waals surface area (Å²) in [7, 11) is -4.77. The summed E-state index contributed by atoms with van der Waals surface area (Å²) in [6, 6.07) is 29.5. The number of carbonyl (C=O) groups excluding carboxylic acids is 2. The molecule has 0 saturated carbocycles. The Balaban J connectivity index is 1.02. The first-order chi connectivity index (χ1) is 45.3. The zero-order valence-electron chi connectivity index (χ0n) is 57.6. The minimum atomic E-state index is -2.49. The van der Waals surface area contributed by atoms with Gasteiger partial charge >= 0.3 is 0 Å². The highest BCUT2D eigenvalue weighted by atomic mass is 32.1. The molecule has 2 amide bonds. The van der Waals surface area contributed by atoms with E-state index in [1.165, 1.54) is 222 Å². The Morgan fingerprint density at radius 2 is 0.774 bits per heavy atom. The van der Waals surface area contributed by atoms with Crippen molar-refractivity contribution >= 4 is 151 Å². The number of aromatic nitrogens is 2. The molecule has 11 heterocycles. The van der Waals surface area contributed by atoms with E-state index in [2.05, 4.69) is 137 Å². The summed E-state index contributed by atoms with van der Waals surface area (Å²) in [6.07, 6.45) is 26.7. The lowest BCUT2D eigenvalue weighted by atomic mass is 10.0. The van der Waals surface area contributed by atoms with Gasteiger partial charge in [0.15, 0.2) is 0 Å². The van der Waals surface area contributed by atoms with E-state index < -0.39 is 16.1 Å².